The first kappa shape index (κ1) is 18.2. The third-order valence-electron chi connectivity index (χ3n) is 4.38. The van der Waals surface area contributed by atoms with Gasteiger partial charge in [-0.25, -0.2) is 9.97 Å². The fourth-order valence-corrected chi connectivity index (χ4v) is 2.94. The fourth-order valence-electron chi connectivity index (χ4n) is 2.81. The van der Waals surface area contributed by atoms with Gasteiger partial charge in [-0.2, -0.15) is 0 Å². The van der Waals surface area contributed by atoms with Crippen LogP contribution in [-0.4, -0.2) is 41.0 Å². The van der Waals surface area contributed by atoms with Crippen molar-refractivity contribution in [1.29, 1.82) is 0 Å². The molecule has 1 aromatic carbocycles. The smallest absolute Gasteiger partial charge is 0.228 e. The summed E-state index contributed by atoms with van der Waals surface area (Å²) in [5.41, 5.74) is 3.88. The Balaban J connectivity index is 1.82. The summed E-state index contributed by atoms with van der Waals surface area (Å²) in [6.07, 6.45) is 4.59. The van der Waals surface area contributed by atoms with Crippen LogP contribution >= 0.6 is 11.6 Å². The van der Waals surface area contributed by atoms with Gasteiger partial charge in [0.25, 0.3) is 0 Å². The number of amides is 1. The van der Waals surface area contributed by atoms with Gasteiger partial charge in [-0.3, -0.25) is 4.79 Å². The Bertz CT molecular complexity index is 867. The first-order valence-corrected chi connectivity index (χ1v) is 8.75. The molecule has 2 aromatic rings. The van der Waals surface area contributed by atoms with Gasteiger partial charge in [-0.15, -0.1) is 0 Å². The molecule has 0 unspecified atom stereocenters. The molecule has 7 heteroatoms. The summed E-state index contributed by atoms with van der Waals surface area (Å²) in [6.45, 7) is 4.83. The van der Waals surface area contributed by atoms with E-state index in [1.165, 1.54) is 5.57 Å². The van der Waals surface area contributed by atoms with Gasteiger partial charge in [-0.05, 0) is 36.6 Å². The average molecular weight is 373 g/mol. The number of aryl methyl sites for hydroxylation is 1. The second-order valence-corrected chi connectivity index (χ2v) is 6.51. The highest BCUT2D eigenvalue weighted by Crippen LogP contribution is 2.32. The summed E-state index contributed by atoms with van der Waals surface area (Å²) >= 11 is 6.06. The van der Waals surface area contributed by atoms with E-state index < -0.39 is 0 Å². The number of hydrogen-bond donors (Lipinski definition) is 1. The second-order valence-electron chi connectivity index (χ2n) is 6.15. The van der Waals surface area contributed by atoms with Crippen LogP contribution in [0.3, 0.4) is 0 Å². The second kappa shape index (κ2) is 7.74. The number of carbonyl (C=O) groups excluding carboxylic acids is 1. The molecule has 1 amide bonds. The van der Waals surface area contributed by atoms with Crippen molar-refractivity contribution in [3.8, 4) is 5.75 Å². The topological polar surface area (TPSA) is 67.3 Å². The van der Waals surface area contributed by atoms with Gasteiger partial charge < -0.3 is 15.0 Å². The number of anilines is 2. The monoisotopic (exact) mass is 372 g/mol. The third-order valence-corrected chi connectivity index (χ3v) is 4.77. The van der Waals surface area contributed by atoms with Gasteiger partial charge in [0.2, 0.25) is 11.9 Å². The molecule has 1 aliphatic heterocycles. The Morgan fingerprint density at radius 2 is 2.19 bits per heavy atom. The van der Waals surface area contributed by atoms with Gasteiger partial charge >= 0.3 is 0 Å². The third kappa shape index (κ3) is 3.96. The van der Waals surface area contributed by atoms with Gasteiger partial charge in [0.05, 0.1) is 12.8 Å². The van der Waals surface area contributed by atoms with E-state index in [9.17, 15) is 4.79 Å². The number of carbonyl (C=O) groups is 1. The SMILES string of the molecule is COc1cc(C2=CCN(C(C)=O)CC2)ccc1Nc1ncc(C)c(Cl)n1. The molecule has 0 atom stereocenters. The lowest BCUT2D eigenvalue weighted by molar-refractivity contribution is -0.128. The van der Waals surface area contributed by atoms with Gasteiger partial charge in [0.15, 0.2) is 0 Å². The van der Waals surface area contributed by atoms with Crippen molar-refractivity contribution in [3.63, 3.8) is 0 Å². The lowest BCUT2D eigenvalue weighted by atomic mass is 9.99. The molecule has 1 N–H and O–H groups in total. The molecule has 0 saturated heterocycles. The van der Waals surface area contributed by atoms with Crippen LogP contribution < -0.4 is 10.1 Å². The molecule has 1 aliphatic rings. The van der Waals surface area contributed by atoms with Crippen molar-refractivity contribution in [2.24, 2.45) is 0 Å². The van der Waals surface area contributed by atoms with Crippen LogP contribution in [0.1, 0.15) is 24.5 Å². The van der Waals surface area contributed by atoms with E-state index in [1.807, 2.05) is 30.0 Å². The van der Waals surface area contributed by atoms with Crippen LogP contribution in [0.5, 0.6) is 5.75 Å². The van der Waals surface area contributed by atoms with Gasteiger partial charge in [0.1, 0.15) is 10.9 Å². The number of hydrogen-bond acceptors (Lipinski definition) is 5. The molecule has 0 radical (unpaired) electrons. The minimum absolute atomic E-state index is 0.106. The van der Waals surface area contributed by atoms with Crippen molar-refractivity contribution in [1.82, 2.24) is 14.9 Å². The van der Waals surface area contributed by atoms with E-state index in [4.69, 9.17) is 16.3 Å². The number of halogens is 1. The van der Waals surface area contributed by atoms with Crippen LogP contribution in [0.2, 0.25) is 5.15 Å². The molecule has 26 heavy (non-hydrogen) atoms. The number of aromatic nitrogens is 2. The molecule has 136 valence electrons. The zero-order valence-electron chi connectivity index (χ0n) is 15.0. The standard InChI is InChI=1S/C19H21ClN4O2/c1-12-11-21-19(23-18(12)20)22-16-5-4-15(10-17(16)26-3)14-6-8-24(9-7-14)13(2)25/h4-6,10-11H,7-9H2,1-3H3,(H,21,22,23). The highest BCUT2D eigenvalue weighted by atomic mass is 35.5. The number of nitrogens with zero attached hydrogens (tertiary/aromatic N) is 3. The van der Waals surface area contributed by atoms with Gasteiger partial charge in [0, 0.05) is 31.8 Å². The molecule has 0 saturated carbocycles. The molecule has 3 rings (SSSR count). The summed E-state index contributed by atoms with van der Waals surface area (Å²) < 4.78 is 5.52. The molecule has 0 bridgehead atoms. The Labute approximate surface area is 157 Å². The first-order valence-electron chi connectivity index (χ1n) is 8.37. The molecule has 2 heterocycles. The zero-order valence-corrected chi connectivity index (χ0v) is 15.8. The largest absolute Gasteiger partial charge is 0.495 e. The normalized spacial score (nSPS) is 14.0. The Morgan fingerprint density at radius 3 is 2.81 bits per heavy atom. The number of ether oxygens (including phenoxy) is 1. The first-order chi connectivity index (χ1) is 12.5. The summed E-state index contributed by atoms with van der Waals surface area (Å²) in [5.74, 6) is 1.22. The van der Waals surface area contributed by atoms with Crippen molar-refractivity contribution < 1.29 is 9.53 Å². The van der Waals surface area contributed by atoms with Crippen molar-refractivity contribution in [2.75, 3.05) is 25.5 Å². The molecule has 6 nitrogen and oxygen atoms in total. The van der Waals surface area contributed by atoms with Crippen LogP contribution in [0.25, 0.3) is 5.57 Å². The quantitative estimate of drug-likeness (QED) is 0.826. The molecular formula is C19H21ClN4O2. The van der Waals surface area contributed by atoms with E-state index in [-0.39, 0.29) is 5.91 Å². The van der Waals surface area contributed by atoms with E-state index in [0.29, 0.717) is 23.4 Å². The van der Waals surface area contributed by atoms with Crippen LogP contribution in [0.15, 0.2) is 30.5 Å². The number of methoxy groups -OCH3 is 1. The minimum atomic E-state index is 0.106. The maximum Gasteiger partial charge on any atom is 0.228 e. The van der Waals surface area contributed by atoms with Crippen LogP contribution in [0, 0.1) is 6.92 Å². The average Bonchev–Trinajstić information content (AvgIpc) is 2.65. The predicted molar refractivity (Wildman–Crippen MR) is 103 cm³/mol. The van der Waals surface area contributed by atoms with Crippen molar-refractivity contribution in [3.05, 3.63) is 46.8 Å². The van der Waals surface area contributed by atoms with Crippen LogP contribution in [0.4, 0.5) is 11.6 Å². The molecular weight excluding hydrogens is 352 g/mol. The van der Waals surface area contributed by atoms with E-state index in [0.717, 1.165) is 29.8 Å². The van der Waals surface area contributed by atoms with E-state index in [1.54, 1.807) is 20.2 Å². The number of nitrogens with one attached hydrogen (secondary N) is 1. The molecule has 1 aromatic heterocycles. The Morgan fingerprint density at radius 1 is 1.38 bits per heavy atom. The lowest BCUT2D eigenvalue weighted by Crippen LogP contribution is -2.32. The number of rotatable bonds is 4. The molecule has 0 aliphatic carbocycles. The summed E-state index contributed by atoms with van der Waals surface area (Å²) in [6, 6.07) is 5.94. The van der Waals surface area contributed by atoms with Crippen molar-refractivity contribution in [2.45, 2.75) is 20.3 Å². The lowest BCUT2D eigenvalue weighted by Gasteiger charge is -2.25. The Hall–Kier alpha value is -2.60. The number of benzene rings is 1. The fraction of sp³-hybridized carbons (Fsp3) is 0.316. The highest BCUT2D eigenvalue weighted by Gasteiger charge is 2.16. The molecule has 0 spiro atoms. The van der Waals surface area contributed by atoms with Crippen LogP contribution in [-0.2, 0) is 4.79 Å². The minimum Gasteiger partial charge on any atom is -0.495 e. The maximum absolute atomic E-state index is 11.5. The highest BCUT2D eigenvalue weighted by molar-refractivity contribution is 6.30. The zero-order chi connectivity index (χ0) is 18.7. The van der Waals surface area contributed by atoms with Gasteiger partial charge in [-0.1, -0.05) is 23.7 Å². The molecule has 0 fully saturated rings. The summed E-state index contributed by atoms with van der Waals surface area (Å²) in [5, 5.41) is 3.56. The summed E-state index contributed by atoms with van der Waals surface area (Å²) in [4.78, 5) is 21.7. The van der Waals surface area contributed by atoms with E-state index >= 15 is 0 Å². The predicted octanol–water partition coefficient (Wildman–Crippen LogP) is 3.83. The Kier molecular flexibility index (Phi) is 5.42. The van der Waals surface area contributed by atoms with E-state index in [2.05, 4.69) is 21.4 Å². The maximum atomic E-state index is 11.5. The summed E-state index contributed by atoms with van der Waals surface area (Å²) in [7, 11) is 1.63. The van der Waals surface area contributed by atoms with Crippen molar-refractivity contribution >= 4 is 34.7 Å².